The fourth-order valence-electron chi connectivity index (χ4n) is 1.82. The molecule has 0 aliphatic carbocycles. The summed E-state index contributed by atoms with van der Waals surface area (Å²) in [5.74, 6) is 0.712. The molecule has 86 valence electrons. The van der Waals surface area contributed by atoms with Gasteiger partial charge in [0.05, 0.1) is 23.0 Å². The van der Waals surface area contributed by atoms with Crippen molar-refractivity contribution in [2.45, 2.75) is 6.92 Å². The maximum atomic E-state index is 4.30. The first kappa shape index (κ1) is 10.3. The summed E-state index contributed by atoms with van der Waals surface area (Å²) in [6.45, 7) is 2.03. The Morgan fingerprint density at radius 1 is 1.29 bits per heavy atom. The summed E-state index contributed by atoms with van der Waals surface area (Å²) in [5, 5.41) is 3.23. The average Bonchev–Trinajstić information content (AvgIpc) is 2.94. The lowest BCUT2D eigenvalue weighted by Crippen LogP contribution is -1.97. The van der Waals surface area contributed by atoms with Gasteiger partial charge in [-0.25, -0.2) is 9.97 Å². The first-order valence-electron chi connectivity index (χ1n) is 5.14. The maximum absolute atomic E-state index is 4.30. The fourth-order valence-corrected chi connectivity index (χ4v) is 2.44. The molecule has 0 aliphatic heterocycles. The van der Waals surface area contributed by atoms with Gasteiger partial charge < -0.3 is 15.3 Å². The number of H-pyrrole nitrogens is 2. The van der Waals surface area contributed by atoms with E-state index in [0.29, 0.717) is 5.95 Å². The average molecular weight is 292 g/mol. The van der Waals surface area contributed by atoms with E-state index in [-0.39, 0.29) is 0 Å². The Labute approximate surface area is 106 Å². The van der Waals surface area contributed by atoms with Crippen molar-refractivity contribution in [1.29, 1.82) is 0 Å². The van der Waals surface area contributed by atoms with Gasteiger partial charge in [-0.3, -0.25) is 0 Å². The van der Waals surface area contributed by atoms with Gasteiger partial charge in [0.15, 0.2) is 0 Å². The third-order valence-corrected chi connectivity index (χ3v) is 3.28. The quantitative estimate of drug-likeness (QED) is 0.679. The third-order valence-electron chi connectivity index (χ3n) is 2.65. The van der Waals surface area contributed by atoms with Crippen molar-refractivity contribution in [2.75, 3.05) is 5.32 Å². The molecule has 3 aromatic rings. The van der Waals surface area contributed by atoms with Gasteiger partial charge in [0.1, 0.15) is 0 Å². The number of aromatic nitrogens is 4. The molecule has 0 fully saturated rings. The molecule has 5 nitrogen and oxygen atoms in total. The summed E-state index contributed by atoms with van der Waals surface area (Å²) < 4.78 is 0.975. The van der Waals surface area contributed by atoms with Gasteiger partial charge in [-0.15, -0.1) is 0 Å². The second-order valence-electron chi connectivity index (χ2n) is 3.72. The van der Waals surface area contributed by atoms with Crippen molar-refractivity contribution in [2.24, 2.45) is 0 Å². The first-order valence-corrected chi connectivity index (χ1v) is 5.93. The molecule has 6 heteroatoms. The summed E-state index contributed by atoms with van der Waals surface area (Å²) in [6, 6.07) is 2.00. The van der Waals surface area contributed by atoms with Gasteiger partial charge >= 0.3 is 0 Å². The Balaban J connectivity index is 2.14. The predicted octanol–water partition coefficient (Wildman–Crippen LogP) is 3.10. The van der Waals surface area contributed by atoms with E-state index in [4.69, 9.17) is 0 Å². The lowest BCUT2D eigenvalue weighted by atomic mass is 10.1. The van der Waals surface area contributed by atoms with E-state index in [1.54, 1.807) is 18.7 Å². The van der Waals surface area contributed by atoms with Crippen LogP contribution < -0.4 is 5.32 Å². The highest BCUT2D eigenvalue weighted by Crippen LogP contribution is 2.33. The second-order valence-corrected chi connectivity index (χ2v) is 4.57. The van der Waals surface area contributed by atoms with E-state index >= 15 is 0 Å². The van der Waals surface area contributed by atoms with Crippen molar-refractivity contribution in [3.63, 3.8) is 0 Å². The van der Waals surface area contributed by atoms with Crippen LogP contribution in [0.2, 0.25) is 0 Å². The molecule has 2 aromatic heterocycles. The molecular formula is C11H10BrN5. The largest absolute Gasteiger partial charge is 0.345 e. The highest BCUT2D eigenvalue weighted by atomic mass is 79.9. The number of benzene rings is 1. The van der Waals surface area contributed by atoms with Crippen molar-refractivity contribution in [1.82, 2.24) is 19.9 Å². The fraction of sp³-hybridized carbons (Fsp3) is 0.0909. The Hall–Kier alpha value is -1.82. The van der Waals surface area contributed by atoms with Crippen LogP contribution in [0.5, 0.6) is 0 Å². The van der Waals surface area contributed by atoms with Crippen LogP contribution in [0, 0.1) is 6.92 Å². The molecule has 0 aliphatic rings. The SMILES string of the molecule is Cc1c(Nc2ncc[nH]2)c(Br)cc2[nH]cnc12. The van der Waals surface area contributed by atoms with E-state index in [9.17, 15) is 0 Å². The molecule has 0 amide bonds. The molecule has 0 radical (unpaired) electrons. The standard InChI is InChI=1S/C11H10BrN5/c1-6-9(17-11-13-2-3-14-11)7(12)4-8-10(6)16-5-15-8/h2-5H,1H3,(H,15,16)(H2,13,14,17). The van der Waals surface area contributed by atoms with Crippen LogP contribution in [0.3, 0.4) is 0 Å². The topological polar surface area (TPSA) is 69.4 Å². The minimum Gasteiger partial charge on any atom is -0.345 e. The molecule has 2 heterocycles. The summed E-state index contributed by atoms with van der Waals surface area (Å²) in [5.41, 5.74) is 4.02. The summed E-state index contributed by atoms with van der Waals surface area (Å²) in [4.78, 5) is 14.6. The zero-order chi connectivity index (χ0) is 11.8. The van der Waals surface area contributed by atoms with Gasteiger partial charge in [0.2, 0.25) is 5.95 Å². The van der Waals surface area contributed by atoms with E-state index < -0.39 is 0 Å². The lowest BCUT2D eigenvalue weighted by Gasteiger charge is -2.10. The molecule has 0 bridgehead atoms. The van der Waals surface area contributed by atoms with Crippen LogP contribution >= 0.6 is 15.9 Å². The van der Waals surface area contributed by atoms with Gasteiger partial charge in [-0.1, -0.05) is 0 Å². The monoisotopic (exact) mass is 291 g/mol. The zero-order valence-corrected chi connectivity index (χ0v) is 10.7. The van der Waals surface area contributed by atoms with Gasteiger partial charge in [0, 0.05) is 22.4 Å². The minimum absolute atomic E-state index is 0.712. The van der Waals surface area contributed by atoms with Crippen molar-refractivity contribution < 1.29 is 0 Å². The van der Waals surface area contributed by atoms with Gasteiger partial charge in [0.25, 0.3) is 0 Å². The first-order chi connectivity index (χ1) is 8.25. The smallest absolute Gasteiger partial charge is 0.204 e. The molecule has 0 unspecified atom stereocenters. The number of fused-ring (bicyclic) bond motifs is 1. The van der Waals surface area contributed by atoms with Crippen LogP contribution in [-0.4, -0.2) is 19.9 Å². The molecule has 17 heavy (non-hydrogen) atoms. The van der Waals surface area contributed by atoms with Crippen molar-refractivity contribution in [3.05, 3.63) is 34.8 Å². The van der Waals surface area contributed by atoms with Gasteiger partial charge in [-0.05, 0) is 28.9 Å². The molecule has 0 saturated carbocycles. The molecular weight excluding hydrogens is 282 g/mol. The van der Waals surface area contributed by atoms with E-state index in [2.05, 4.69) is 41.2 Å². The summed E-state index contributed by atoms with van der Waals surface area (Å²) >= 11 is 3.55. The van der Waals surface area contributed by atoms with Gasteiger partial charge in [-0.2, -0.15) is 0 Å². The highest BCUT2D eigenvalue weighted by Gasteiger charge is 2.11. The normalized spacial score (nSPS) is 10.9. The summed E-state index contributed by atoms with van der Waals surface area (Å²) in [7, 11) is 0. The molecule has 1 aromatic carbocycles. The van der Waals surface area contributed by atoms with Crippen LogP contribution in [0.15, 0.2) is 29.3 Å². The van der Waals surface area contributed by atoms with E-state index in [1.165, 1.54) is 0 Å². The van der Waals surface area contributed by atoms with E-state index in [0.717, 1.165) is 26.8 Å². The van der Waals surface area contributed by atoms with Crippen LogP contribution in [0.25, 0.3) is 11.0 Å². The van der Waals surface area contributed by atoms with Crippen LogP contribution in [-0.2, 0) is 0 Å². The Morgan fingerprint density at radius 3 is 2.94 bits per heavy atom. The number of aromatic amines is 2. The maximum Gasteiger partial charge on any atom is 0.204 e. The third kappa shape index (κ3) is 1.70. The number of hydrogen-bond acceptors (Lipinski definition) is 3. The van der Waals surface area contributed by atoms with Crippen LogP contribution in [0.4, 0.5) is 11.6 Å². The zero-order valence-electron chi connectivity index (χ0n) is 9.08. The Kier molecular flexibility index (Phi) is 2.36. The molecule has 3 N–H and O–H groups in total. The highest BCUT2D eigenvalue weighted by molar-refractivity contribution is 9.10. The number of nitrogens with zero attached hydrogens (tertiary/aromatic N) is 2. The molecule has 0 atom stereocenters. The Morgan fingerprint density at radius 2 is 2.18 bits per heavy atom. The number of nitrogens with one attached hydrogen (secondary N) is 3. The summed E-state index contributed by atoms with van der Waals surface area (Å²) in [6.07, 6.45) is 5.18. The van der Waals surface area contributed by atoms with Crippen LogP contribution in [0.1, 0.15) is 5.56 Å². The number of anilines is 2. The molecule has 0 saturated heterocycles. The van der Waals surface area contributed by atoms with Crippen molar-refractivity contribution in [3.8, 4) is 0 Å². The Bertz CT molecular complexity index is 656. The number of imidazole rings is 2. The second kappa shape index (κ2) is 3.89. The predicted molar refractivity (Wildman–Crippen MR) is 70.4 cm³/mol. The molecule has 3 rings (SSSR count). The number of halogens is 1. The number of aryl methyl sites for hydroxylation is 1. The molecule has 0 spiro atoms. The van der Waals surface area contributed by atoms with E-state index in [1.807, 2.05) is 13.0 Å². The minimum atomic E-state index is 0.712. The van der Waals surface area contributed by atoms with Crippen molar-refractivity contribution >= 4 is 38.6 Å². The lowest BCUT2D eigenvalue weighted by molar-refractivity contribution is 1.27. The number of hydrogen-bond donors (Lipinski definition) is 3. The number of rotatable bonds is 2.